The summed E-state index contributed by atoms with van der Waals surface area (Å²) in [6.45, 7) is 5.54. The highest BCUT2D eigenvalue weighted by molar-refractivity contribution is 5.65. The van der Waals surface area contributed by atoms with Gasteiger partial charge in [0.15, 0.2) is 0 Å². The van der Waals surface area contributed by atoms with Crippen molar-refractivity contribution in [3.8, 4) is 28.6 Å². The van der Waals surface area contributed by atoms with Gasteiger partial charge in [-0.25, -0.2) is 4.68 Å². The fourth-order valence-electron chi connectivity index (χ4n) is 4.09. The van der Waals surface area contributed by atoms with Gasteiger partial charge in [-0.1, -0.05) is 30.3 Å². The number of furan rings is 1. The average molecular weight is 506 g/mol. The van der Waals surface area contributed by atoms with Crippen LogP contribution in [0, 0.1) is 0 Å². The molecule has 2 aromatic heterocycles. The molecule has 0 fully saturated rings. The van der Waals surface area contributed by atoms with Crippen LogP contribution in [0.3, 0.4) is 0 Å². The number of aliphatic hydroxyl groups excluding tert-OH is 1. The topological polar surface area (TPSA) is 82.1 Å². The fraction of sp³-hybridized carbons (Fsp3) is 0.345. The Morgan fingerprint density at radius 2 is 1.70 bits per heavy atom. The molecule has 0 spiro atoms. The van der Waals surface area contributed by atoms with E-state index in [1.807, 2.05) is 87.6 Å². The molecule has 0 aliphatic carbocycles. The second-order valence-corrected chi connectivity index (χ2v) is 9.18. The van der Waals surface area contributed by atoms with Crippen molar-refractivity contribution in [2.75, 3.05) is 20.3 Å². The molecule has 4 aromatic rings. The maximum Gasteiger partial charge on any atom is 0.222 e. The summed E-state index contributed by atoms with van der Waals surface area (Å²) < 4.78 is 24.7. The molecule has 2 aromatic carbocycles. The van der Waals surface area contributed by atoms with E-state index in [0.29, 0.717) is 31.3 Å². The highest BCUT2D eigenvalue weighted by Crippen LogP contribution is 2.35. The van der Waals surface area contributed by atoms with Gasteiger partial charge in [-0.05, 0) is 50.2 Å². The molecule has 1 unspecified atom stereocenters. The Bertz CT molecular complexity index is 1220. The van der Waals surface area contributed by atoms with E-state index in [1.54, 1.807) is 18.1 Å². The molecule has 1 atom stereocenters. The molecule has 4 rings (SSSR count). The van der Waals surface area contributed by atoms with Gasteiger partial charge >= 0.3 is 0 Å². The minimum Gasteiger partial charge on any atom is -0.497 e. The van der Waals surface area contributed by atoms with Crippen LogP contribution in [0.25, 0.3) is 11.3 Å². The second-order valence-electron chi connectivity index (χ2n) is 9.18. The summed E-state index contributed by atoms with van der Waals surface area (Å²) in [6.07, 6.45) is 1.03. The lowest BCUT2D eigenvalue weighted by molar-refractivity contribution is -0.0114. The van der Waals surface area contributed by atoms with Crippen molar-refractivity contribution >= 4 is 0 Å². The minimum atomic E-state index is -0.667. The molecule has 0 radical (unpaired) electrons. The highest BCUT2D eigenvalue weighted by atomic mass is 16.5. The van der Waals surface area contributed by atoms with Gasteiger partial charge in [0.25, 0.3) is 0 Å². The number of aromatic nitrogens is 2. The molecular formula is C29H35N3O5. The number of ether oxygens (including phenoxy) is 3. The van der Waals surface area contributed by atoms with Crippen LogP contribution < -0.4 is 9.47 Å². The molecule has 0 aliphatic rings. The van der Waals surface area contributed by atoms with E-state index in [4.69, 9.17) is 23.7 Å². The Morgan fingerprint density at radius 1 is 0.973 bits per heavy atom. The molecule has 0 amide bonds. The van der Waals surface area contributed by atoms with Gasteiger partial charge in [-0.3, -0.25) is 4.90 Å². The molecule has 196 valence electrons. The SMILES string of the molecule is COc1ccc(Oc2c(CN(Cc3ccco3)CC(O)COC(C)C)c(-c3ccccc3)nn2C)cc1. The van der Waals surface area contributed by atoms with Gasteiger partial charge in [0.2, 0.25) is 5.88 Å². The zero-order valence-electron chi connectivity index (χ0n) is 21.8. The predicted octanol–water partition coefficient (Wildman–Crippen LogP) is 5.27. The molecule has 8 nitrogen and oxygen atoms in total. The third-order valence-corrected chi connectivity index (χ3v) is 5.84. The quantitative estimate of drug-likeness (QED) is 0.265. The smallest absolute Gasteiger partial charge is 0.222 e. The highest BCUT2D eigenvalue weighted by Gasteiger charge is 2.24. The number of nitrogens with zero attached hydrogens (tertiary/aromatic N) is 3. The van der Waals surface area contributed by atoms with E-state index < -0.39 is 6.10 Å². The number of aliphatic hydroxyl groups is 1. The summed E-state index contributed by atoms with van der Waals surface area (Å²) in [5.41, 5.74) is 2.72. The first kappa shape index (κ1) is 26.5. The first-order chi connectivity index (χ1) is 17.9. The van der Waals surface area contributed by atoms with Crippen molar-refractivity contribution in [3.63, 3.8) is 0 Å². The van der Waals surface area contributed by atoms with Crippen LogP contribution in [0.1, 0.15) is 25.2 Å². The van der Waals surface area contributed by atoms with E-state index >= 15 is 0 Å². The third kappa shape index (κ3) is 7.22. The number of aryl methyl sites for hydroxylation is 1. The lowest BCUT2D eigenvalue weighted by Crippen LogP contribution is -2.35. The molecule has 0 saturated heterocycles. The van der Waals surface area contributed by atoms with Gasteiger partial charge in [-0.2, -0.15) is 5.10 Å². The first-order valence-corrected chi connectivity index (χ1v) is 12.4. The van der Waals surface area contributed by atoms with Gasteiger partial charge in [0.05, 0.1) is 44.3 Å². The summed E-state index contributed by atoms with van der Waals surface area (Å²) in [6, 6.07) is 21.3. The Morgan fingerprint density at radius 3 is 2.35 bits per heavy atom. The van der Waals surface area contributed by atoms with E-state index in [2.05, 4.69) is 4.90 Å². The van der Waals surface area contributed by atoms with E-state index in [1.165, 1.54) is 0 Å². The zero-order chi connectivity index (χ0) is 26.2. The monoisotopic (exact) mass is 505 g/mol. The molecule has 0 saturated carbocycles. The normalized spacial score (nSPS) is 12.3. The second kappa shape index (κ2) is 12.6. The van der Waals surface area contributed by atoms with Crippen molar-refractivity contribution in [2.24, 2.45) is 7.05 Å². The molecule has 0 aliphatic heterocycles. The number of rotatable bonds is 13. The number of benzene rings is 2. The molecule has 37 heavy (non-hydrogen) atoms. The van der Waals surface area contributed by atoms with Crippen molar-refractivity contribution in [1.29, 1.82) is 0 Å². The number of hydrogen-bond acceptors (Lipinski definition) is 7. The van der Waals surface area contributed by atoms with E-state index in [9.17, 15) is 5.11 Å². The molecule has 2 heterocycles. The van der Waals surface area contributed by atoms with Gasteiger partial charge in [-0.15, -0.1) is 0 Å². The maximum absolute atomic E-state index is 10.8. The summed E-state index contributed by atoms with van der Waals surface area (Å²) in [5, 5.41) is 15.6. The van der Waals surface area contributed by atoms with Crippen LogP contribution in [0.4, 0.5) is 0 Å². The Hall–Kier alpha value is -3.59. The fourth-order valence-corrected chi connectivity index (χ4v) is 4.09. The first-order valence-electron chi connectivity index (χ1n) is 12.4. The molecule has 0 bridgehead atoms. The third-order valence-electron chi connectivity index (χ3n) is 5.84. The van der Waals surface area contributed by atoms with Gasteiger partial charge in [0, 0.05) is 25.7 Å². The van der Waals surface area contributed by atoms with Crippen molar-refractivity contribution in [3.05, 3.63) is 84.3 Å². The Kier molecular flexibility index (Phi) is 9.00. The zero-order valence-corrected chi connectivity index (χ0v) is 21.8. The predicted molar refractivity (Wildman–Crippen MR) is 142 cm³/mol. The average Bonchev–Trinajstić information content (AvgIpc) is 3.52. The van der Waals surface area contributed by atoms with Crippen molar-refractivity contribution < 1.29 is 23.7 Å². The van der Waals surface area contributed by atoms with Crippen molar-refractivity contribution in [1.82, 2.24) is 14.7 Å². The standard InChI is InChI=1S/C29H35N3O5/c1-21(2)36-20-23(33)17-32(18-26-11-8-16-35-26)19-27-28(22-9-6-5-7-10-22)30-31(3)29(27)37-25-14-12-24(34-4)13-15-25/h5-16,21,23,33H,17-20H2,1-4H3. The van der Waals surface area contributed by atoms with Crippen LogP contribution in [-0.4, -0.2) is 52.3 Å². The molecular weight excluding hydrogens is 470 g/mol. The maximum atomic E-state index is 10.8. The van der Waals surface area contributed by atoms with Crippen LogP contribution in [-0.2, 0) is 24.9 Å². The number of hydrogen-bond donors (Lipinski definition) is 1. The van der Waals surface area contributed by atoms with Crippen molar-refractivity contribution in [2.45, 2.75) is 39.1 Å². The lowest BCUT2D eigenvalue weighted by atomic mass is 10.1. The largest absolute Gasteiger partial charge is 0.497 e. The van der Waals surface area contributed by atoms with Crippen LogP contribution in [0.2, 0.25) is 0 Å². The van der Waals surface area contributed by atoms with Gasteiger partial charge in [0.1, 0.15) is 23.0 Å². The summed E-state index contributed by atoms with van der Waals surface area (Å²) in [4.78, 5) is 2.12. The van der Waals surface area contributed by atoms with E-state index in [-0.39, 0.29) is 12.7 Å². The Balaban J connectivity index is 1.68. The Labute approximate surface area is 218 Å². The van der Waals surface area contributed by atoms with Gasteiger partial charge < -0.3 is 23.7 Å². The summed E-state index contributed by atoms with van der Waals surface area (Å²) in [5.74, 6) is 2.86. The molecule has 1 N–H and O–H groups in total. The lowest BCUT2D eigenvalue weighted by Gasteiger charge is -2.25. The number of methoxy groups -OCH3 is 1. The van der Waals surface area contributed by atoms with E-state index in [0.717, 1.165) is 28.3 Å². The molecule has 8 heteroatoms. The summed E-state index contributed by atoms with van der Waals surface area (Å²) in [7, 11) is 3.51. The van der Waals surface area contributed by atoms with Crippen LogP contribution >= 0.6 is 0 Å². The minimum absolute atomic E-state index is 0.0423. The van der Waals surface area contributed by atoms with Crippen LogP contribution in [0.15, 0.2) is 77.4 Å². The van der Waals surface area contributed by atoms with Crippen LogP contribution in [0.5, 0.6) is 17.4 Å². The summed E-state index contributed by atoms with van der Waals surface area (Å²) >= 11 is 0.